The minimum Gasteiger partial charge on any atom is -0.347 e. The molecule has 0 unspecified atom stereocenters. The predicted molar refractivity (Wildman–Crippen MR) is 91.1 cm³/mol. The van der Waals surface area contributed by atoms with E-state index < -0.39 is 17.6 Å². The molecule has 0 saturated heterocycles. The highest BCUT2D eigenvalue weighted by Gasteiger charge is 2.30. The summed E-state index contributed by atoms with van der Waals surface area (Å²) in [7, 11) is 7.11. The van der Waals surface area contributed by atoms with E-state index in [2.05, 4.69) is 20.3 Å². The van der Waals surface area contributed by atoms with Gasteiger partial charge in [0.15, 0.2) is 5.82 Å². The van der Waals surface area contributed by atoms with Crippen molar-refractivity contribution in [2.75, 3.05) is 38.0 Å². The molecule has 2 rings (SSSR count). The smallest absolute Gasteiger partial charge is 0.347 e. The molecule has 1 N–H and O–H groups in total. The van der Waals surface area contributed by atoms with Crippen LogP contribution in [-0.2, 0) is 12.7 Å². The average Bonchev–Trinajstić information content (AvgIpc) is 2.58. The van der Waals surface area contributed by atoms with E-state index in [4.69, 9.17) is 0 Å². The van der Waals surface area contributed by atoms with Crippen LogP contribution in [0.3, 0.4) is 0 Å². The zero-order valence-corrected chi connectivity index (χ0v) is 14.8. The SMILES string of the molecule is CN(C)c1nc(CNC(=O)c2ccc(C(F)(F)F)cc2)nc(N(C)C)n1. The van der Waals surface area contributed by atoms with Gasteiger partial charge >= 0.3 is 6.18 Å². The van der Waals surface area contributed by atoms with Gasteiger partial charge in [-0.25, -0.2) is 0 Å². The number of nitrogens with one attached hydrogen (secondary N) is 1. The van der Waals surface area contributed by atoms with Crippen LogP contribution in [0.1, 0.15) is 21.7 Å². The van der Waals surface area contributed by atoms with Crippen molar-refractivity contribution in [2.24, 2.45) is 0 Å². The van der Waals surface area contributed by atoms with Crippen molar-refractivity contribution in [2.45, 2.75) is 12.7 Å². The van der Waals surface area contributed by atoms with Gasteiger partial charge < -0.3 is 15.1 Å². The first-order chi connectivity index (χ1) is 12.1. The van der Waals surface area contributed by atoms with Gasteiger partial charge in [-0.3, -0.25) is 4.79 Å². The molecule has 10 heteroatoms. The number of hydrogen-bond acceptors (Lipinski definition) is 6. The number of rotatable bonds is 5. The highest BCUT2D eigenvalue weighted by Crippen LogP contribution is 2.29. The second-order valence-corrected chi connectivity index (χ2v) is 5.90. The monoisotopic (exact) mass is 368 g/mol. The normalized spacial score (nSPS) is 11.2. The third-order valence-electron chi connectivity index (χ3n) is 3.34. The third-order valence-corrected chi connectivity index (χ3v) is 3.34. The summed E-state index contributed by atoms with van der Waals surface area (Å²) in [5.74, 6) is 0.689. The van der Waals surface area contributed by atoms with Crippen LogP contribution in [0.4, 0.5) is 25.1 Å². The number of aromatic nitrogens is 3. The Kier molecular flexibility index (Phi) is 5.63. The second-order valence-electron chi connectivity index (χ2n) is 5.90. The number of alkyl halides is 3. The summed E-state index contributed by atoms with van der Waals surface area (Å²) >= 11 is 0. The van der Waals surface area contributed by atoms with E-state index in [0.29, 0.717) is 17.7 Å². The summed E-state index contributed by atoms with van der Waals surface area (Å²) in [4.78, 5) is 28.3. The molecule has 1 aromatic heterocycles. The molecule has 0 aliphatic rings. The standard InChI is InChI=1S/C16H19F3N6O/c1-24(2)14-21-12(22-15(23-14)25(3)4)9-20-13(26)10-5-7-11(8-6-10)16(17,18)19/h5-8H,9H2,1-4H3,(H,20,26). The van der Waals surface area contributed by atoms with Gasteiger partial charge in [0.25, 0.3) is 5.91 Å². The molecule has 0 atom stereocenters. The van der Waals surface area contributed by atoms with Crippen molar-refractivity contribution in [3.05, 3.63) is 41.2 Å². The van der Waals surface area contributed by atoms with E-state index in [1.807, 2.05) is 0 Å². The summed E-state index contributed by atoms with van der Waals surface area (Å²) < 4.78 is 37.7. The first-order valence-corrected chi connectivity index (χ1v) is 7.63. The van der Waals surface area contributed by atoms with Crippen molar-refractivity contribution < 1.29 is 18.0 Å². The minimum absolute atomic E-state index is 0.0179. The van der Waals surface area contributed by atoms with Crippen molar-refractivity contribution in [1.29, 1.82) is 0 Å². The molecule has 0 fully saturated rings. The maximum atomic E-state index is 12.6. The van der Waals surface area contributed by atoms with Crippen LogP contribution in [0.15, 0.2) is 24.3 Å². The van der Waals surface area contributed by atoms with E-state index in [1.165, 1.54) is 0 Å². The Balaban J connectivity index is 2.11. The Morgan fingerprint density at radius 3 is 1.88 bits per heavy atom. The molecule has 0 bridgehead atoms. The lowest BCUT2D eigenvalue weighted by Gasteiger charge is -2.16. The van der Waals surface area contributed by atoms with E-state index >= 15 is 0 Å². The summed E-state index contributed by atoms with van der Waals surface area (Å²) in [6.45, 7) is 0.0179. The van der Waals surface area contributed by atoms with Gasteiger partial charge in [0.05, 0.1) is 12.1 Å². The molecule has 1 aromatic carbocycles. The molecule has 1 amide bonds. The van der Waals surface area contributed by atoms with Crippen LogP contribution < -0.4 is 15.1 Å². The van der Waals surface area contributed by atoms with Gasteiger partial charge in [-0.05, 0) is 24.3 Å². The highest BCUT2D eigenvalue weighted by molar-refractivity contribution is 5.94. The van der Waals surface area contributed by atoms with Crippen molar-refractivity contribution >= 4 is 17.8 Å². The fourth-order valence-electron chi connectivity index (χ4n) is 1.95. The first kappa shape index (κ1) is 19.4. The molecule has 1 heterocycles. The quantitative estimate of drug-likeness (QED) is 0.870. The summed E-state index contributed by atoms with van der Waals surface area (Å²) in [5, 5.41) is 2.60. The van der Waals surface area contributed by atoms with Gasteiger partial charge in [-0.1, -0.05) is 0 Å². The Bertz CT molecular complexity index is 748. The lowest BCUT2D eigenvalue weighted by Crippen LogP contribution is -2.26. The number of hydrogen-bond donors (Lipinski definition) is 1. The van der Waals surface area contributed by atoms with E-state index in [0.717, 1.165) is 24.3 Å². The molecule has 140 valence electrons. The fraction of sp³-hybridized carbons (Fsp3) is 0.375. The van der Waals surface area contributed by atoms with Crippen LogP contribution in [-0.4, -0.2) is 49.0 Å². The summed E-state index contributed by atoms with van der Waals surface area (Å²) in [6.07, 6.45) is -4.44. The topological polar surface area (TPSA) is 74.2 Å². The molecule has 26 heavy (non-hydrogen) atoms. The molecule has 0 aliphatic heterocycles. The molecule has 0 radical (unpaired) electrons. The minimum atomic E-state index is -4.44. The first-order valence-electron chi connectivity index (χ1n) is 7.63. The molecule has 0 aliphatic carbocycles. The number of halogens is 3. The zero-order valence-electron chi connectivity index (χ0n) is 14.8. The van der Waals surface area contributed by atoms with Crippen molar-refractivity contribution in [3.63, 3.8) is 0 Å². The molecular formula is C16H19F3N6O. The molecular weight excluding hydrogens is 349 g/mol. The van der Waals surface area contributed by atoms with E-state index in [9.17, 15) is 18.0 Å². The zero-order chi connectivity index (χ0) is 19.5. The van der Waals surface area contributed by atoms with Crippen molar-refractivity contribution in [1.82, 2.24) is 20.3 Å². The molecule has 0 saturated carbocycles. The summed E-state index contributed by atoms with van der Waals surface area (Å²) in [5.41, 5.74) is -0.689. The van der Waals surface area contributed by atoms with Crippen LogP contribution in [0.5, 0.6) is 0 Å². The van der Waals surface area contributed by atoms with Gasteiger partial charge in [0.1, 0.15) is 0 Å². The number of anilines is 2. The van der Waals surface area contributed by atoms with Crippen LogP contribution in [0.25, 0.3) is 0 Å². The average molecular weight is 368 g/mol. The van der Waals surface area contributed by atoms with Gasteiger partial charge in [0.2, 0.25) is 11.9 Å². The number of nitrogens with zero attached hydrogens (tertiary/aromatic N) is 5. The van der Waals surface area contributed by atoms with Gasteiger partial charge in [-0.2, -0.15) is 28.1 Å². The molecule has 0 spiro atoms. The Morgan fingerprint density at radius 1 is 0.962 bits per heavy atom. The Labute approximate surface area is 148 Å². The molecule has 7 nitrogen and oxygen atoms in total. The fourth-order valence-corrected chi connectivity index (χ4v) is 1.95. The van der Waals surface area contributed by atoms with Gasteiger partial charge in [-0.15, -0.1) is 0 Å². The lowest BCUT2D eigenvalue weighted by atomic mass is 10.1. The predicted octanol–water partition coefficient (Wildman–Crippen LogP) is 1.95. The second kappa shape index (κ2) is 7.54. The Morgan fingerprint density at radius 2 is 1.46 bits per heavy atom. The van der Waals surface area contributed by atoms with Crippen LogP contribution in [0, 0.1) is 0 Å². The Hall–Kier alpha value is -2.91. The van der Waals surface area contributed by atoms with Crippen LogP contribution in [0.2, 0.25) is 0 Å². The lowest BCUT2D eigenvalue weighted by molar-refractivity contribution is -0.137. The number of amides is 1. The summed E-state index contributed by atoms with van der Waals surface area (Å²) in [6, 6.07) is 3.99. The van der Waals surface area contributed by atoms with Crippen molar-refractivity contribution in [3.8, 4) is 0 Å². The van der Waals surface area contributed by atoms with E-state index in [1.54, 1.807) is 38.0 Å². The highest BCUT2D eigenvalue weighted by atomic mass is 19.4. The number of carbonyl (C=O) groups is 1. The van der Waals surface area contributed by atoms with Gasteiger partial charge in [0, 0.05) is 33.8 Å². The molecule has 2 aromatic rings. The maximum Gasteiger partial charge on any atom is 0.416 e. The maximum absolute atomic E-state index is 12.6. The van der Waals surface area contributed by atoms with Crippen LogP contribution >= 0.6 is 0 Å². The third kappa shape index (κ3) is 4.80. The number of carbonyl (C=O) groups excluding carboxylic acids is 1. The number of benzene rings is 1. The largest absolute Gasteiger partial charge is 0.416 e. The van der Waals surface area contributed by atoms with E-state index in [-0.39, 0.29) is 12.1 Å².